The molecule has 0 bridgehead atoms. The van der Waals surface area contributed by atoms with Crippen LogP contribution in [0.15, 0.2) is 170 Å². The van der Waals surface area contributed by atoms with Crippen molar-refractivity contribution in [3.8, 4) is 33.8 Å². The summed E-state index contributed by atoms with van der Waals surface area (Å²) < 4.78 is 8.96. The number of nitrogens with zero attached hydrogens (tertiary/aromatic N) is 4. The fourth-order valence-corrected chi connectivity index (χ4v) is 10.8. The smallest absolute Gasteiger partial charge is 0.137 e. The first-order chi connectivity index (χ1) is 34.9. The Balaban J connectivity index is 0.904. The van der Waals surface area contributed by atoms with Gasteiger partial charge in [-0.25, -0.2) is 4.98 Å². The van der Waals surface area contributed by atoms with Crippen molar-refractivity contribution in [2.24, 2.45) is 0 Å². The van der Waals surface area contributed by atoms with E-state index in [-0.39, 0.29) is 16.2 Å². The molecule has 5 nitrogen and oxygen atoms in total. The van der Waals surface area contributed by atoms with Crippen LogP contribution < -0.4 is 14.5 Å². The second kappa shape index (κ2) is 19.7. The van der Waals surface area contributed by atoms with E-state index < -0.39 is 0 Å². The van der Waals surface area contributed by atoms with E-state index in [1.807, 2.05) is 6.20 Å². The molecule has 2 aromatic heterocycles. The molecular formula is C68H74N4O. The minimum absolute atomic E-state index is 0.00279. The fraction of sp³-hybridized carbons (Fsp3) is 0.309. The monoisotopic (exact) mass is 963 g/mol. The first-order valence-corrected chi connectivity index (χ1v) is 26.6. The van der Waals surface area contributed by atoms with E-state index in [1.54, 1.807) is 0 Å². The highest BCUT2D eigenvalue weighted by atomic mass is 16.5. The summed E-state index contributed by atoms with van der Waals surface area (Å²) in [6, 6.07) is 60.5. The van der Waals surface area contributed by atoms with Crippen LogP contribution in [-0.4, -0.2) is 22.8 Å². The number of hydrogen-bond donors (Lipinski definition) is 0. The van der Waals surface area contributed by atoms with Gasteiger partial charge in [0.05, 0.1) is 29.1 Å². The van der Waals surface area contributed by atoms with Crippen molar-refractivity contribution >= 4 is 38.9 Å². The first kappa shape index (κ1) is 49.5. The zero-order valence-corrected chi connectivity index (χ0v) is 45.2. The Hall–Kier alpha value is -7.11. The molecule has 3 heterocycles. The fourth-order valence-electron chi connectivity index (χ4n) is 10.8. The van der Waals surface area contributed by atoms with Crippen LogP contribution in [0.3, 0.4) is 0 Å². The van der Waals surface area contributed by atoms with E-state index in [1.165, 1.54) is 77.9 Å². The highest BCUT2D eigenvalue weighted by Crippen LogP contribution is 2.44. The summed E-state index contributed by atoms with van der Waals surface area (Å²) in [5.74, 6) is 2.18. The highest BCUT2D eigenvalue weighted by molar-refractivity contribution is 6.09. The Labute approximate surface area is 435 Å². The number of anilines is 3. The van der Waals surface area contributed by atoms with Crippen molar-refractivity contribution in [1.29, 1.82) is 0 Å². The molecule has 0 spiro atoms. The van der Waals surface area contributed by atoms with E-state index in [2.05, 4.69) is 254 Å². The van der Waals surface area contributed by atoms with E-state index in [4.69, 9.17) is 9.72 Å². The standard InChI is InChI=1S/C68H74N4O/c1-46(2)56-27-20-28-57(50-38-52(67(6,7)8)41-53(39-50)68(9,10)11)58(56)25-17-18-36-70-45-71(62-33-30-49(40-64(62)70)48-22-13-12-14-23-48)54-24-19-21-47(37-54)44-73-55-31-32-60-59-26-15-16-29-61(59)72(63(60)43-55)65-42-51(34-35-69-65)66(3,4)5/h12-16,19-24,26-35,37-43,46H,17-18,25,36,44-45H2,1-11H3. The number of fused-ring (bicyclic) bond motifs is 4. The van der Waals surface area contributed by atoms with Crippen LogP contribution in [0, 0.1) is 0 Å². The van der Waals surface area contributed by atoms with Gasteiger partial charge in [-0.3, -0.25) is 4.57 Å². The summed E-state index contributed by atoms with van der Waals surface area (Å²) in [7, 11) is 0. The molecule has 0 radical (unpaired) electrons. The third-order valence-corrected chi connectivity index (χ3v) is 15.1. The average molecular weight is 963 g/mol. The van der Waals surface area contributed by atoms with Gasteiger partial charge in [-0.2, -0.15) is 0 Å². The van der Waals surface area contributed by atoms with E-state index >= 15 is 0 Å². The van der Waals surface area contributed by atoms with Crippen LogP contribution in [0.5, 0.6) is 5.75 Å². The third-order valence-electron chi connectivity index (χ3n) is 15.1. The van der Waals surface area contributed by atoms with Crippen LogP contribution >= 0.6 is 0 Å². The maximum atomic E-state index is 6.68. The molecule has 7 aromatic carbocycles. The summed E-state index contributed by atoms with van der Waals surface area (Å²) in [5, 5.41) is 2.39. The molecule has 0 unspecified atom stereocenters. The van der Waals surface area contributed by atoms with E-state index in [0.29, 0.717) is 12.5 Å². The van der Waals surface area contributed by atoms with Crippen LogP contribution in [0.1, 0.15) is 128 Å². The largest absolute Gasteiger partial charge is 0.489 e. The third kappa shape index (κ3) is 10.3. The summed E-state index contributed by atoms with van der Waals surface area (Å²) >= 11 is 0. The Morgan fingerprint density at radius 1 is 0.548 bits per heavy atom. The van der Waals surface area contributed by atoms with Gasteiger partial charge in [0.2, 0.25) is 0 Å². The number of unbranched alkanes of at least 4 members (excludes halogenated alkanes) is 1. The number of benzene rings is 7. The summed E-state index contributed by atoms with van der Waals surface area (Å²) in [6.07, 6.45) is 5.16. The molecular weight excluding hydrogens is 889 g/mol. The molecule has 1 aliphatic heterocycles. The van der Waals surface area contributed by atoms with Crippen LogP contribution in [0.4, 0.5) is 17.1 Å². The molecule has 1 aliphatic rings. The Bertz CT molecular complexity index is 3400. The number of ether oxygens (including phenoxy) is 1. The van der Waals surface area contributed by atoms with Crippen molar-refractivity contribution in [3.63, 3.8) is 0 Å². The lowest BCUT2D eigenvalue weighted by atomic mass is 9.78. The zero-order valence-electron chi connectivity index (χ0n) is 45.2. The normalized spacial score (nSPS) is 13.2. The summed E-state index contributed by atoms with van der Waals surface area (Å²) in [5.41, 5.74) is 19.4. The molecule has 9 aromatic rings. The van der Waals surface area contributed by atoms with Gasteiger partial charge in [0.1, 0.15) is 18.2 Å². The minimum Gasteiger partial charge on any atom is -0.489 e. The second-order valence-corrected chi connectivity index (χ2v) is 23.8. The number of pyridine rings is 1. The van der Waals surface area contributed by atoms with Gasteiger partial charge in [-0.05, 0) is 152 Å². The maximum absolute atomic E-state index is 6.68. The average Bonchev–Trinajstić information content (AvgIpc) is 3.91. The van der Waals surface area contributed by atoms with Gasteiger partial charge in [0.25, 0.3) is 0 Å². The SMILES string of the molecule is CC(C)c1cccc(-c2cc(C(C)(C)C)cc(C(C)(C)C)c2)c1CCCCN1CN(c2cccc(COc3ccc4c5ccccc5n(-c5cc(C(C)(C)C)ccn5)c4c3)c2)c2ccc(-c3ccccc3)cc21. The highest BCUT2D eigenvalue weighted by Gasteiger charge is 2.28. The molecule has 10 rings (SSSR count). The molecule has 0 N–H and O–H groups in total. The van der Waals surface area contributed by atoms with Gasteiger partial charge < -0.3 is 14.5 Å². The number of aromatic nitrogens is 2. The topological polar surface area (TPSA) is 33.5 Å². The number of para-hydroxylation sites is 1. The van der Waals surface area contributed by atoms with Gasteiger partial charge in [-0.15, -0.1) is 0 Å². The van der Waals surface area contributed by atoms with Gasteiger partial charge in [0.15, 0.2) is 0 Å². The molecule has 0 saturated heterocycles. The van der Waals surface area contributed by atoms with Crippen molar-refractivity contribution in [1.82, 2.24) is 9.55 Å². The van der Waals surface area contributed by atoms with Crippen molar-refractivity contribution in [3.05, 3.63) is 203 Å². The van der Waals surface area contributed by atoms with Gasteiger partial charge >= 0.3 is 0 Å². The predicted molar refractivity (Wildman–Crippen MR) is 311 cm³/mol. The summed E-state index contributed by atoms with van der Waals surface area (Å²) in [4.78, 5) is 9.98. The molecule has 0 atom stereocenters. The molecule has 372 valence electrons. The zero-order chi connectivity index (χ0) is 51.2. The molecule has 0 saturated carbocycles. The lowest BCUT2D eigenvalue weighted by Crippen LogP contribution is -2.29. The van der Waals surface area contributed by atoms with Crippen LogP contribution in [-0.2, 0) is 29.3 Å². The number of hydrogen-bond acceptors (Lipinski definition) is 4. The molecule has 5 heteroatoms. The van der Waals surface area contributed by atoms with E-state index in [9.17, 15) is 0 Å². The lowest BCUT2D eigenvalue weighted by molar-refractivity contribution is 0.306. The minimum atomic E-state index is 0.00279. The Kier molecular flexibility index (Phi) is 13.4. The molecule has 0 amide bonds. The summed E-state index contributed by atoms with van der Waals surface area (Å²) in [6.45, 7) is 27.7. The molecule has 0 fully saturated rings. The molecule has 0 aliphatic carbocycles. The molecule has 73 heavy (non-hydrogen) atoms. The van der Waals surface area contributed by atoms with Gasteiger partial charge in [-0.1, -0.05) is 179 Å². The van der Waals surface area contributed by atoms with Gasteiger partial charge in [0, 0.05) is 35.3 Å². The van der Waals surface area contributed by atoms with Crippen LogP contribution in [0.2, 0.25) is 0 Å². The van der Waals surface area contributed by atoms with Crippen molar-refractivity contribution in [2.45, 2.75) is 124 Å². The maximum Gasteiger partial charge on any atom is 0.137 e. The quantitative estimate of drug-likeness (QED) is 0.108. The van der Waals surface area contributed by atoms with Crippen molar-refractivity contribution < 1.29 is 4.74 Å². The lowest BCUT2D eigenvalue weighted by Gasteiger charge is -2.27. The first-order valence-electron chi connectivity index (χ1n) is 26.6. The van der Waals surface area contributed by atoms with E-state index in [0.717, 1.165) is 60.6 Å². The number of rotatable bonds is 13. The predicted octanol–water partition coefficient (Wildman–Crippen LogP) is 18.0. The Morgan fingerprint density at radius 3 is 2.00 bits per heavy atom. The van der Waals surface area contributed by atoms with Crippen LogP contribution in [0.25, 0.3) is 49.9 Å². The second-order valence-electron chi connectivity index (χ2n) is 23.8. The Morgan fingerprint density at radius 2 is 1.26 bits per heavy atom. The van der Waals surface area contributed by atoms with Crippen molar-refractivity contribution in [2.75, 3.05) is 23.0 Å².